The highest BCUT2D eigenvalue weighted by molar-refractivity contribution is 5.33. The lowest BCUT2D eigenvalue weighted by Crippen LogP contribution is -2.42. The van der Waals surface area contributed by atoms with Crippen LogP contribution in [-0.4, -0.2) is 44.4 Å². The predicted molar refractivity (Wildman–Crippen MR) is 101 cm³/mol. The van der Waals surface area contributed by atoms with E-state index in [4.69, 9.17) is 9.47 Å². The average Bonchev–Trinajstić information content (AvgIpc) is 2.68. The van der Waals surface area contributed by atoms with Gasteiger partial charge in [-0.05, 0) is 18.6 Å². The monoisotopic (exact) mass is 340 g/mol. The maximum Gasteiger partial charge on any atom is 0.123 e. The molecule has 25 heavy (non-hydrogen) atoms. The largest absolute Gasteiger partial charge is 0.494 e. The first-order chi connectivity index (χ1) is 12.4. The summed E-state index contributed by atoms with van der Waals surface area (Å²) in [7, 11) is 0. The minimum atomic E-state index is 0.365. The second-order valence-corrected chi connectivity index (χ2v) is 6.25. The van der Waals surface area contributed by atoms with Crippen molar-refractivity contribution in [1.82, 2.24) is 10.2 Å². The molecule has 2 aromatic rings. The van der Waals surface area contributed by atoms with E-state index in [0.29, 0.717) is 12.6 Å². The molecule has 0 spiro atoms. The van der Waals surface area contributed by atoms with Gasteiger partial charge in [-0.25, -0.2) is 0 Å². The summed E-state index contributed by atoms with van der Waals surface area (Å²) >= 11 is 0. The second-order valence-electron chi connectivity index (χ2n) is 6.25. The zero-order valence-corrected chi connectivity index (χ0v) is 15.0. The van der Waals surface area contributed by atoms with Crippen molar-refractivity contribution in [2.24, 2.45) is 0 Å². The SMILES string of the molecule is CCOc1ccccc1CNCC(c1ccccc1)N1CCOCC1. The van der Waals surface area contributed by atoms with Crippen molar-refractivity contribution in [2.75, 3.05) is 39.5 Å². The molecule has 1 atom stereocenters. The fraction of sp³-hybridized carbons (Fsp3) is 0.429. The van der Waals surface area contributed by atoms with Gasteiger partial charge in [0, 0.05) is 37.8 Å². The van der Waals surface area contributed by atoms with Gasteiger partial charge in [-0.1, -0.05) is 48.5 Å². The summed E-state index contributed by atoms with van der Waals surface area (Å²) in [5.41, 5.74) is 2.56. The summed E-state index contributed by atoms with van der Waals surface area (Å²) in [5, 5.41) is 3.63. The van der Waals surface area contributed by atoms with Crippen LogP contribution in [0.4, 0.5) is 0 Å². The Balaban J connectivity index is 1.65. The fourth-order valence-electron chi connectivity index (χ4n) is 3.31. The molecule has 0 radical (unpaired) electrons. The van der Waals surface area contributed by atoms with E-state index in [1.54, 1.807) is 0 Å². The lowest BCUT2D eigenvalue weighted by atomic mass is 10.0. The number of para-hydroxylation sites is 1. The summed E-state index contributed by atoms with van der Waals surface area (Å²) in [4.78, 5) is 2.51. The smallest absolute Gasteiger partial charge is 0.123 e. The lowest BCUT2D eigenvalue weighted by Gasteiger charge is -2.35. The molecule has 0 amide bonds. The highest BCUT2D eigenvalue weighted by atomic mass is 16.5. The molecule has 3 rings (SSSR count). The highest BCUT2D eigenvalue weighted by Crippen LogP contribution is 2.22. The van der Waals surface area contributed by atoms with E-state index in [1.165, 1.54) is 11.1 Å². The fourth-order valence-corrected chi connectivity index (χ4v) is 3.31. The predicted octanol–water partition coefficient (Wildman–Crippen LogP) is 3.25. The quantitative estimate of drug-likeness (QED) is 0.800. The van der Waals surface area contributed by atoms with E-state index in [0.717, 1.165) is 45.1 Å². The van der Waals surface area contributed by atoms with Crippen LogP contribution in [0.25, 0.3) is 0 Å². The molecule has 1 aliphatic rings. The molecule has 0 aromatic heterocycles. The number of nitrogens with zero attached hydrogens (tertiary/aromatic N) is 1. The first-order valence-corrected chi connectivity index (χ1v) is 9.16. The third-order valence-corrected chi connectivity index (χ3v) is 4.60. The van der Waals surface area contributed by atoms with Crippen LogP contribution in [-0.2, 0) is 11.3 Å². The van der Waals surface area contributed by atoms with Crippen molar-refractivity contribution < 1.29 is 9.47 Å². The van der Waals surface area contributed by atoms with Crippen LogP contribution in [0.3, 0.4) is 0 Å². The molecule has 0 bridgehead atoms. The number of benzene rings is 2. The third kappa shape index (κ3) is 5.05. The van der Waals surface area contributed by atoms with E-state index in [-0.39, 0.29) is 0 Å². The third-order valence-electron chi connectivity index (χ3n) is 4.60. The van der Waals surface area contributed by atoms with E-state index in [9.17, 15) is 0 Å². The van der Waals surface area contributed by atoms with Crippen LogP contribution in [0.2, 0.25) is 0 Å². The van der Waals surface area contributed by atoms with Gasteiger partial charge in [0.15, 0.2) is 0 Å². The van der Waals surface area contributed by atoms with Crippen LogP contribution in [0, 0.1) is 0 Å². The number of morpholine rings is 1. The molecular formula is C21H28N2O2. The van der Waals surface area contributed by atoms with Crippen LogP contribution in [0.1, 0.15) is 24.1 Å². The summed E-state index contributed by atoms with van der Waals surface area (Å²) in [6, 6.07) is 19.4. The van der Waals surface area contributed by atoms with Gasteiger partial charge < -0.3 is 14.8 Å². The molecule has 0 saturated carbocycles. The van der Waals surface area contributed by atoms with Gasteiger partial charge in [0.25, 0.3) is 0 Å². The van der Waals surface area contributed by atoms with Crippen molar-refractivity contribution in [3.05, 3.63) is 65.7 Å². The molecular weight excluding hydrogens is 312 g/mol. The van der Waals surface area contributed by atoms with Crippen molar-refractivity contribution in [1.29, 1.82) is 0 Å². The number of rotatable bonds is 8. The highest BCUT2D eigenvalue weighted by Gasteiger charge is 2.22. The molecule has 1 unspecified atom stereocenters. The molecule has 1 N–H and O–H groups in total. The van der Waals surface area contributed by atoms with Crippen LogP contribution >= 0.6 is 0 Å². The summed E-state index contributed by atoms with van der Waals surface area (Å²) in [6.07, 6.45) is 0. The van der Waals surface area contributed by atoms with Gasteiger partial charge in [0.2, 0.25) is 0 Å². The molecule has 4 heteroatoms. The summed E-state index contributed by atoms with van der Waals surface area (Å²) in [5.74, 6) is 0.972. The molecule has 134 valence electrons. The van der Waals surface area contributed by atoms with Gasteiger partial charge in [-0.15, -0.1) is 0 Å². The zero-order valence-electron chi connectivity index (χ0n) is 15.0. The van der Waals surface area contributed by atoms with E-state index in [1.807, 2.05) is 19.1 Å². The number of hydrogen-bond acceptors (Lipinski definition) is 4. The minimum absolute atomic E-state index is 0.365. The number of hydrogen-bond donors (Lipinski definition) is 1. The standard InChI is InChI=1S/C21H28N2O2/c1-2-25-21-11-7-6-10-19(21)16-22-17-20(18-8-4-3-5-9-18)23-12-14-24-15-13-23/h3-11,20,22H,2,12-17H2,1H3. The normalized spacial score (nSPS) is 16.5. The van der Waals surface area contributed by atoms with Gasteiger partial charge in [-0.3, -0.25) is 4.90 Å². The van der Waals surface area contributed by atoms with E-state index in [2.05, 4.69) is 52.7 Å². The van der Waals surface area contributed by atoms with Crippen LogP contribution < -0.4 is 10.1 Å². The molecule has 1 saturated heterocycles. The van der Waals surface area contributed by atoms with Gasteiger partial charge in [0.1, 0.15) is 5.75 Å². The molecule has 2 aromatic carbocycles. The van der Waals surface area contributed by atoms with Gasteiger partial charge in [0.05, 0.1) is 19.8 Å². The maximum atomic E-state index is 5.73. The molecule has 1 aliphatic heterocycles. The maximum absolute atomic E-state index is 5.73. The first kappa shape index (κ1) is 17.9. The van der Waals surface area contributed by atoms with E-state index < -0.39 is 0 Å². The Labute approximate surface area is 150 Å². The Hall–Kier alpha value is -1.88. The first-order valence-electron chi connectivity index (χ1n) is 9.16. The van der Waals surface area contributed by atoms with Gasteiger partial charge >= 0.3 is 0 Å². The van der Waals surface area contributed by atoms with Crippen LogP contribution in [0.15, 0.2) is 54.6 Å². The van der Waals surface area contributed by atoms with Crippen LogP contribution in [0.5, 0.6) is 5.75 Å². The molecule has 1 heterocycles. The van der Waals surface area contributed by atoms with Crippen molar-refractivity contribution in [2.45, 2.75) is 19.5 Å². The van der Waals surface area contributed by atoms with Crippen molar-refractivity contribution in [3.8, 4) is 5.75 Å². The van der Waals surface area contributed by atoms with Gasteiger partial charge in [-0.2, -0.15) is 0 Å². The Morgan fingerprint density at radius 2 is 1.76 bits per heavy atom. The van der Waals surface area contributed by atoms with Crippen molar-refractivity contribution in [3.63, 3.8) is 0 Å². The molecule has 0 aliphatic carbocycles. The van der Waals surface area contributed by atoms with E-state index >= 15 is 0 Å². The average molecular weight is 340 g/mol. The topological polar surface area (TPSA) is 33.7 Å². The Morgan fingerprint density at radius 1 is 1.04 bits per heavy atom. The number of ether oxygens (including phenoxy) is 2. The Morgan fingerprint density at radius 3 is 2.52 bits per heavy atom. The van der Waals surface area contributed by atoms with Crippen molar-refractivity contribution >= 4 is 0 Å². The number of nitrogens with one attached hydrogen (secondary N) is 1. The summed E-state index contributed by atoms with van der Waals surface area (Å²) in [6.45, 7) is 8.03. The Bertz CT molecular complexity index is 627. The minimum Gasteiger partial charge on any atom is -0.494 e. The lowest BCUT2D eigenvalue weighted by molar-refractivity contribution is 0.0161. The summed E-state index contributed by atoms with van der Waals surface area (Å²) < 4.78 is 11.3. The second kappa shape index (κ2) is 9.56. The molecule has 1 fully saturated rings. The zero-order chi connectivity index (χ0) is 17.3. The molecule has 4 nitrogen and oxygen atoms in total. The Kier molecular flexibility index (Phi) is 6.86.